The smallest absolute Gasteiger partial charge is 0.336 e. The van der Waals surface area contributed by atoms with Crippen LogP contribution in [0.15, 0.2) is 129 Å². The van der Waals surface area contributed by atoms with Crippen LogP contribution in [-0.2, 0) is 57.7 Å². The van der Waals surface area contributed by atoms with Crippen molar-refractivity contribution in [3.8, 4) is 0 Å². The second-order valence-electron chi connectivity index (χ2n) is 13.9. The number of rotatable bonds is 17. The number of halogens is 2. The van der Waals surface area contributed by atoms with E-state index in [9.17, 15) is 27.6 Å². The van der Waals surface area contributed by atoms with Crippen LogP contribution >= 0.6 is 23.2 Å². The van der Waals surface area contributed by atoms with Gasteiger partial charge in [0.2, 0.25) is 0 Å². The molecule has 17 nitrogen and oxygen atoms in total. The highest BCUT2D eigenvalue weighted by molar-refractivity contribution is 7.85. The van der Waals surface area contributed by atoms with Crippen LogP contribution in [-0.4, -0.2) is 104 Å². The Balaban J connectivity index is 0.000000290. The quantitative estimate of drug-likeness (QED) is 0.0487. The molecule has 0 bridgehead atoms. The number of dihydropyridines is 2. The van der Waals surface area contributed by atoms with Gasteiger partial charge in [-0.05, 0) is 63.1 Å². The Morgan fingerprint density at radius 3 is 1.27 bits per heavy atom. The van der Waals surface area contributed by atoms with Gasteiger partial charge in [0, 0.05) is 34.5 Å². The van der Waals surface area contributed by atoms with E-state index in [1.807, 2.05) is 0 Å². The lowest BCUT2D eigenvalue weighted by atomic mass is 9.80. The number of methoxy groups -OCH3 is 2. The summed E-state index contributed by atoms with van der Waals surface area (Å²) in [4.78, 5) is 50.8. The molecular weight excluding hydrogens is 919 g/mol. The lowest BCUT2D eigenvalue weighted by Crippen LogP contribution is -2.35. The molecule has 0 fully saturated rings. The van der Waals surface area contributed by atoms with E-state index in [-0.39, 0.29) is 42.5 Å². The van der Waals surface area contributed by atoms with Crippen molar-refractivity contribution in [3.63, 3.8) is 0 Å². The maximum atomic E-state index is 12.9. The molecule has 0 saturated heterocycles. The number of hydrogen-bond donors (Lipinski definition) is 5. The Labute approximate surface area is 394 Å². The fraction of sp³-hybridized carbons (Fsp3) is 0.348. The molecule has 2 unspecified atom stereocenters. The van der Waals surface area contributed by atoms with Gasteiger partial charge in [-0.3, -0.25) is 4.55 Å². The molecule has 0 saturated carbocycles. The summed E-state index contributed by atoms with van der Waals surface area (Å²) in [6.07, 6.45) is 0. The van der Waals surface area contributed by atoms with Crippen molar-refractivity contribution in [2.45, 2.75) is 44.4 Å². The first-order valence-corrected chi connectivity index (χ1v) is 22.7. The van der Waals surface area contributed by atoms with Gasteiger partial charge in [0.1, 0.15) is 0 Å². The minimum absolute atomic E-state index is 0.0741. The maximum Gasteiger partial charge on any atom is 0.336 e. The molecule has 0 aromatic heterocycles. The molecule has 2 heterocycles. The number of benzene rings is 3. The Morgan fingerprint density at radius 2 is 0.970 bits per heavy atom. The molecule has 0 aliphatic carbocycles. The number of carbonyl (C=O) groups excluding carboxylic acids is 4. The van der Waals surface area contributed by atoms with E-state index < -0.39 is 45.8 Å². The Morgan fingerprint density at radius 1 is 0.606 bits per heavy atom. The number of ether oxygens (including phenoxy) is 6. The zero-order valence-electron chi connectivity index (χ0n) is 37.5. The molecule has 3 aromatic carbocycles. The normalized spacial score (nSPS) is 15.9. The summed E-state index contributed by atoms with van der Waals surface area (Å²) in [5.41, 5.74) is 15.4. The number of nitrogens with two attached hydrogens (primary N) is 2. The SMILES string of the molecule is CCOC(=O)C1=C(COCCN)NC(C)=C(C(=O)OC)C1c1ccccc1Cl.CCOC(=O)C1=C(COCCN)NC(C)=C(C(=O)OC)C1c1ccccc1Cl.O=S(=O)(O)c1ccccc1. The molecule has 20 heteroatoms. The van der Waals surface area contributed by atoms with Gasteiger partial charge in [0.25, 0.3) is 10.1 Å². The molecule has 66 heavy (non-hydrogen) atoms. The molecule has 7 N–H and O–H groups in total. The first-order valence-electron chi connectivity index (χ1n) is 20.5. The molecule has 5 rings (SSSR count). The van der Waals surface area contributed by atoms with Gasteiger partial charge in [-0.25, -0.2) is 19.2 Å². The van der Waals surface area contributed by atoms with Gasteiger partial charge in [-0.1, -0.05) is 77.8 Å². The van der Waals surface area contributed by atoms with Gasteiger partial charge in [0.05, 0.1) is 104 Å². The molecule has 2 aliphatic rings. The van der Waals surface area contributed by atoms with E-state index in [0.29, 0.717) is 81.4 Å². The average Bonchev–Trinajstić information content (AvgIpc) is 3.29. The Hall–Kier alpha value is -5.57. The zero-order chi connectivity index (χ0) is 49.0. The topological polar surface area (TPSA) is 254 Å². The van der Waals surface area contributed by atoms with Crippen LogP contribution < -0.4 is 22.1 Å². The van der Waals surface area contributed by atoms with Crippen LogP contribution in [0.1, 0.15) is 50.7 Å². The molecule has 0 spiro atoms. The number of allylic oxidation sites excluding steroid dienone is 2. The summed E-state index contributed by atoms with van der Waals surface area (Å²) in [5, 5.41) is 7.04. The van der Waals surface area contributed by atoms with E-state index in [1.54, 1.807) is 94.4 Å². The van der Waals surface area contributed by atoms with Crippen LogP contribution in [0, 0.1) is 0 Å². The van der Waals surface area contributed by atoms with Crippen molar-refractivity contribution in [2.24, 2.45) is 11.5 Å². The van der Waals surface area contributed by atoms with Crippen molar-refractivity contribution < 1.29 is 60.6 Å². The second-order valence-corrected chi connectivity index (χ2v) is 16.2. The van der Waals surface area contributed by atoms with E-state index >= 15 is 0 Å². The van der Waals surface area contributed by atoms with Gasteiger partial charge in [0.15, 0.2) is 0 Å². The number of hydrogen-bond acceptors (Lipinski definition) is 16. The van der Waals surface area contributed by atoms with Crippen molar-refractivity contribution >= 4 is 57.2 Å². The number of nitrogens with one attached hydrogen (secondary N) is 2. The van der Waals surface area contributed by atoms with Crippen LogP contribution in [0.4, 0.5) is 0 Å². The largest absolute Gasteiger partial charge is 0.466 e. The average molecular weight is 976 g/mol. The predicted molar refractivity (Wildman–Crippen MR) is 247 cm³/mol. The van der Waals surface area contributed by atoms with E-state index in [1.165, 1.54) is 26.4 Å². The van der Waals surface area contributed by atoms with Gasteiger partial charge in [-0.15, -0.1) is 0 Å². The summed E-state index contributed by atoms with van der Waals surface area (Å²) in [6, 6.07) is 21.5. The standard InChI is InChI=1S/2C20H25ClN2O5.C6H6O3S/c2*1-4-28-20(25)18-15(11-27-10-9-22)23-12(2)16(19(24)26-3)17(18)13-7-5-6-8-14(13)21;7-10(8,9)6-4-2-1-3-5-6/h2*5-8,17,23H,4,9-11,22H2,1-3H3;1-5H,(H,7,8,9). The van der Waals surface area contributed by atoms with Crippen LogP contribution in [0.2, 0.25) is 10.0 Å². The predicted octanol–water partition coefficient (Wildman–Crippen LogP) is 5.47. The molecular formula is C46H56Cl2N4O13S. The van der Waals surface area contributed by atoms with Crippen molar-refractivity contribution in [2.75, 3.05) is 67.0 Å². The third-order valence-electron chi connectivity index (χ3n) is 9.58. The molecule has 358 valence electrons. The van der Waals surface area contributed by atoms with Crippen molar-refractivity contribution in [1.29, 1.82) is 0 Å². The first-order chi connectivity index (χ1) is 31.5. The minimum atomic E-state index is -4.00. The first kappa shape index (κ1) is 54.8. The van der Waals surface area contributed by atoms with E-state index in [4.69, 9.17) is 67.6 Å². The second kappa shape index (κ2) is 27.2. The van der Waals surface area contributed by atoms with Crippen molar-refractivity contribution in [1.82, 2.24) is 10.6 Å². The highest BCUT2D eigenvalue weighted by atomic mass is 35.5. The number of esters is 4. The third kappa shape index (κ3) is 14.7. The van der Waals surface area contributed by atoms with Crippen molar-refractivity contribution in [3.05, 3.63) is 145 Å². The lowest BCUT2D eigenvalue weighted by molar-refractivity contribution is -0.140. The molecule has 0 radical (unpaired) electrons. The number of carbonyl (C=O) groups is 4. The summed E-state index contributed by atoms with van der Waals surface area (Å²) in [7, 11) is -1.42. The van der Waals surface area contributed by atoms with E-state index in [2.05, 4.69) is 10.6 Å². The summed E-state index contributed by atoms with van der Waals surface area (Å²) >= 11 is 12.8. The van der Waals surface area contributed by atoms with Crippen LogP contribution in [0.5, 0.6) is 0 Å². The molecule has 0 amide bonds. The fourth-order valence-corrected chi connectivity index (χ4v) is 7.82. The molecule has 2 atom stereocenters. The summed E-state index contributed by atoms with van der Waals surface area (Å²) in [5.74, 6) is -3.73. The summed E-state index contributed by atoms with van der Waals surface area (Å²) in [6.45, 7) is 8.83. The Kier molecular flexibility index (Phi) is 22.5. The van der Waals surface area contributed by atoms with Crippen LogP contribution in [0.25, 0.3) is 0 Å². The minimum Gasteiger partial charge on any atom is -0.466 e. The highest BCUT2D eigenvalue weighted by Crippen LogP contribution is 2.43. The van der Waals surface area contributed by atoms with Crippen LogP contribution in [0.3, 0.4) is 0 Å². The summed E-state index contributed by atoms with van der Waals surface area (Å²) < 4.78 is 60.8. The fourth-order valence-electron chi connectivity index (χ4n) is 6.83. The zero-order valence-corrected chi connectivity index (χ0v) is 39.8. The highest BCUT2D eigenvalue weighted by Gasteiger charge is 2.41. The maximum absolute atomic E-state index is 12.9. The lowest BCUT2D eigenvalue weighted by Gasteiger charge is -2.31. The van der Waals surface area contributed by atoms with Gasteiger partial charge >= 0.3 is 23.9 Å². The third-order valence-corrected chi connectivity index (χ3v) is 11.1. The van der Waals surface area contributed by atoms with Gasteiger partial charge < -0.3 is 50.5 Å². The van der Waals surface area contributed by atoms with Gasteiger partial charge in [-0.2, -0.15) is 8.42 Å². The monoisotopic (exact) mass is 974 g/mol. The Bertz CT molecular complexity index is 2290. The molecule has 2 aliphatic heterocycles. The van der Waals surface area contributed by atoms with E-state index in [0.717, 1.165) is 0 Å². The molecule has 3 aromatic rings.